The number of nitrogens with zero attached hydrogens (tertiary/aromatic N) is 3. The van der Waals surface area contributed by atoms with E-state index in [-0.39, 0.29) is 0 Å². The minimum absolute atomic E-state index is 0.366. The lowest BCUT2D eigenvalue weighted by molar-refractivity contribution is 0.706. The Kier molecular flexibility index (Phi) is 7.69. The molecular formula is C24H36N6. The predicted molar refractivity (Wildman–Crippen MR) is 126 cm³/mol. The molecule has 2 heterocycles. The second-order valence-electron chi connectivity index (χ2n) is 8.55. The Morgan fingerprint density at radius 3 is 2.57 bits per heavy atom. The highest BCUT2D eigenvalue weighted by Crippen LogP contribution is 2.25. The van der Waals surface area contributed by atoms with E-state index in [1.807, 2.05) is 10.7 Å². The highest BCUT2D eigenvalue weighted by Gasteiger charge is 2.14. The number of rotatable bonds is 11. The Morgan fingerprint density at radius 1 is 1.00 bits per heavy atom. The maximum atomic E-state index is 5.59. The van der Waals surface area contributed by atoms with Crippen molar-refractivity contribution in [2.75, 3.05) is 23.7 Å². The molecule has 3 rings (SSSR count). The van der Waals surface area contributed by atoms with Gasteiger partial charge in [-0.25, -0.2) is 4.98 Å². The lowest BCUT2D eigenvalue weighted by atomic mass is 10.0. The van der Waals surface area contributed by atoms with Crippen molar-refractivity contribution in [1.29, 1.82) is 0 Å². The minimum Gasteiger partial charge on any atom is -0.370 e. The molecule has 162 valence electrons. The molecule has 0 saturated carbocycles. The number of aromatic nitrogens is 3. The SMILES string of the molecule is CC(C)c1cccc(CNc2cc(NCCCCCN)nc3c(C(C)C)cnn23)c1. The molecular weight excluding hydrogens is 372 g/mol. The average Bonchev–Trinajstić information content (AvgIpc) is 3.16. The molecule has 4 N–H and O–H groups in total. The zero-order valence-corrected chi connectivity index (χ0v) is 18.8. The Labute approximate surface area is 180 Å². The van der Waals surface area contributed by atoms with Crippen LogP contribution in [-0.2, 0) is 6.54 Å². The fraction of sp³-hybridized carbons (Fsp3) is 0.500. The zero-order valence-electron chi connectivity index (χ0n) is 18.8. The average molecular weight is 409 g/mol. The molecule has 0 aliphatic rings. The van der Waals surface area contributed by atoms with Crippen LogP contribution in [0.3, 0.4) is 0 Å². The third-order valence-corrected chi connectivity index (χ3v) is 5.40. The summed E-state index contributed by atoms with van der Waals surface area (Å²) in [5.41, 5.74) is 10.3. The van der Waals surface area contributed by atoms with Gasteiger partial charge >= 0.3 is 0 Å². The third-order valence-electron chi connectivity index (χ3n) is 5.40. The molecule has 1 aromatic carbocycles. The van der Waals surface area contributed by atoms with Crippen LogP contribution in [-0.4, -0.2) is 27.7 Å². The molecule has 0 bridgehead atoms. The second-order valence-corrected chi connectivity index (χ2v) is 8.55. The summed E-state index contributed by atoms with van der Waals surface area (Å²) in [7, 11) is 0. The molecule has 6 nitrogen and oxygen atoms in total. The van der Waals surface area contributed by atoms with Crippen molar-refractivity contribution in [3.8, 4) is 0 Å². The van der Waals surface area contributed by atoms with Gasteiger partial charge in [-0.15, -0.1) is 0 Å². The van der Waals surface area contributed by atoms with Crippen LogP contribution < -0.4 is 16.4 Å². The van der Waals surface area contributed by atoms with E-state index in [0.717, 1.165) is 61.7 Å². The molecule has 0 aliphatic carbocycles. The van der Waals surface area contributed by atoms with Crippen LogP contribution >= 0.6 is 0 Å². The predicted octanol–water partition coefficient (Wildman–Crippen LogP) is 5.13. The topological polar surface area (TPSA) is 80.3 Å². The normalized spacial score (nSPS) is 11.6. The van der Waals surface area contributed by atoms with Crippen LogP contribution in [0.15, 0.2) is 36.5 Å². The van der Waals surface area contributed by atoms with E-state index >= 15 is 0 Å². The van der Waals surface area contributed by atoms with Crippen molar-refractivity contribution in [1.82, 2.24) is 14.6 Å². The maximum Gasteiger partial charge on any atom is 0.163 e. The molecule has 6 heteroatoms. The summed E-state index contributed by atoms with van der Waals surface area (Å²) in [6.07, 6.45) is 5.22. The van der Waals surface area contributed by atoms with Gasteiger partial charge in [0, 0.05) is 24.7 Å². The number of unbranched alkanes of at least 4 members (excludes halogenated alkanes) is 2. The second kappa shape index (κ2) is 10.4. The van der Waals surface area contributed by atoms with E-state index in [2.05, 4.69) is 73.8 Å². The van der Waals surface area contributed by atoms with Gasteiger partial charge in [0.1, 0.15) is 11.6 Å². The molecule has 0 atom stereocenters. The fourth-order valence-electron chi connectivity index (χ4n) is 3.52. The largest absolute Gasteiger partial charge is 0.370 e. The van der Waals surface area contributed by atoms with E-state index in [1.165, 1.54) is 11.1 Å². The fourth-order valence-corrected chi connectivity index (χ4v) is 3.52. The first kappa shape index (κ1) is 22.1. The lowest BCUT2D eigenvalue weighted by Gasteiger charge is -2.14. The Bertz CT molecular complexity index is 944. The highest BCUT2D eigenvalue weighted by atomic mass is 15.3. The monoisotopic (exact) mass is 408 g/mol. The Hall–Kier alpha value is -2.60. The van der Waals surface area contributed by atoms with Gasteiger partial charge in [0.25, 0.3) is 0 Å². The molecule has 0 fully saturated rings. The summed E-state index contributed by atoms with van der Waals surface area (Å²) in [5, 5.41) is 11.7. The van der Waals surface area contributed by atoms with Crippen molar-refractivity contribution < 1.29 is 0 Å². The van der Waals surface area contributed by atoms with Gasteiger partial charge < -0.3 is 16.4 Å². The van der Waals surface area contributed by atoms with Crippen LogP contribution in [0.5, 0.6) is 0 Å². The highest BCUT2D eigenvalue weighted by molar-refractivity contribution is 5.61. The van der Waals surface area contributed by atoms with Gasteiger partial charge in [0.2, 0.25) is 0 Å². The van der Waals surface area contributed by atoms with Crippen LogP contribution in [0, 0.1) is 0 Å². The molecule has 0 aliphatic heterocycles. The number of anilines is 2. The molecule has 0 amide bonds. The number of hydrogen-bond donors (Lipinski definition) is 3. The van der Waals surface area contributed by atoms with Gasteiger partial charge in [-0.1, -0.05) is 58.4 Å². The van der Waals surface area contributed by atoms with Gasteiger partial charge in [-0.2, -0.15) is 9.61 Å². The van der Waals surface area contributed by atoms with Gasteiger partial charge in [0.05, 0.1) is 6.20 Å². The number of fused-ring (bicyclic) bond motifs is 1. The maximum absolute atomic E-state index is 5.59. The molecule has 0 spiro atoms. The van der Waals surface area contributed by atoms with Gasteiger partial charge in [-0.05, 0) is 42.3 Å². The first-order valence-corrected chi connectivity index (χ1v) is 11.1. The van der Waals surface area contributed by atoms with E-state index in [0.29, 0.717) is 11.8 Å². The number of nitrogens with two attached hydrogens (primary N) is 1. The standard InChI is InChI=1S/C24H36N6/c1-17(2)20-10-8-9-19(13-20)15-27-23-14-22(26-12-7-5-6-11-25)29-24-21(18(3)4)16-28-30(23)24/h8-10,13-14,16-18,27H,5-7,11-12,15,25H2,1-4H3,(H,26,29). The molecule has 3 aromatic rings. The molecule has 0 saturated heterocycles. The van der Waals surface area contributed by atoms with Gasteiger partial charge in [0.15, 0.2) is 5.65 Å². The summed E-state index contributed by atoms with van der Waals surface area (Å²) >= 11 is 0. The summed E-state index contributed by atoms with van der Waals surface area (Å²) in [6.45, 7) is 11.2. The Morgan fingerprint density at radius 2 is 1.83 bits per heavy atom. The lowest BCUT2D eigenvalue weighted by Crippen LogP contribution is -2.10. The Balaban J connectivity index is 1.81. The van der Waals surface area contributed by atoms with E-state index in [9.17, 15) is 0 Å². The van der Waals surface area contributed by atoms with Crippen molar-refractivity contribution in [3.05, 3.63) is 53.2 Å². The molecule has 0 radical (unpaired) electrons. The molecule has 0 unspecified atom stereocenters. The number of hydrogen-bond acceptors (Lipinski definition) is 5. The first-order valence-electron chi connectivity index (χ1n) is 11.1. The summed E-state index contributed by atoms with van der Waals surface area (Å²) in [5.74, 6) is 2.72. The molecule has 2 aromatic heterocycles. The van der Waals surface area contributed by atoms with Crippen LogP contribution in [0.1, 0.15) is 75.5 Å². The van der Waals surface area contributed by atoms with Crippen LogP contribution in [0.25, 0.3) is 5.65 Å². The van der Waals surface area contributed by atoms with Crippen molar-refractivity contribution in [2.24, 2.45) is 5.73 Å². The van der Waals surface area contributed by atoms with E-state index in [4.69, 9.17) is 10.7 Å². The summed E-state index contributed by atoms with van der Waals surface area (Å²) < 4.78 is 1.92. The smallest absolute Gasteiger partial charge is 0.163 e. The van der Waals surface area contributed by atoms with Gasteiger partial charge in [-0.3, -0.25) is 0 Å². The first-order chi connectivity index (χ1) is 14.5. The minimum atomic E-state index is 0.366. The van der Waals surface area contributed by atoms with Crippen molar-refractivity contribution in [3.63, 3.8) is 0 Å². The van der Waals surface area contributed by atoms with Crippen LogP contribution in [0.4, 0.5) is 11.6 Å². The molecule has 30 heavy (non-hydrogen) atoms. The third kappa shape index (κ3) is 5.51. The van der Waals surface area contributed by atoms with Crippen LogP contribution in [0.2, 0.25) is 0 Å². The van der Waals surface area contributed by atoms with E-state index in [1.54, 1.807) is 0 Å². The number of benzene rings is 1. The summed E-state index contributed by atoms with van der Waals surface area (Å²) in [4.78, 5) is 4.85. The quantitative estimate of drug-likeness (QED) is 0.383. The van der Waals surface area contributed by atoms with E-state index < -0.39 is 0 Å². The summed E-state index contributed by atoms with van der Waals surface area (Å²) in [6, 6.07) is 10.8. The van der Waals surface area contributed by atoms with Crippen molar-refractivity contribution in [2.45, 2.75) is 65.3 Å². The van der Waals surface area contributed by atoms with Crippen molar-refractivity contribution >= 4 is 17.3 Å². The number of nitrogens with one attached hydrogen (secondary N) is 2. The zero-order chi connectivity index (χ0) is 21.5.